The van der Waals surface area contributed by atoms with Crippen molar-refractivity contribution in [1.82, 2.24) is 0 Å². The summed E-state index contributed by atoms with van der Waals surface area (Å²) in [6, 6.07) is 12.6. The molecular weight excluding hydrogens is 370 g/mol. The van der Waals surface area contributed by atoms with Crippen LogP contribution in [0.4, 0.5) is 5.69 Å². The number of ether oxygens (including phenoxy) is 2. The van der Waals surface area contributed by atoms with Crippen LogP contribution in [0.3, 0.4) is 0 Å². The number of hydrogen-bond acceptors (Lipinski definition) is 6. The summed E-state index contributed by atoms with van der Waals surface area (Å²) in [6.45, 7) is 2.89. The van der Waals surface area contributed by atoms with Crippen LogP contribution in [0.5, 0.6) is 5.75 Å². The van der Waals surface area contributed by atoms with Crippen molar-refractivity contribution in [3.8, 4) is 5.75 Å². The highest BCUT2D eigenvalue weighted by Gasteiger charge is 2.25. The molecule has 0 spiro atoms. The van der Waals surface area contributed by atoms with Crippen LogP contribution in [0.2, 0.25) is 0 Å². The average molecular weight is 391 g/mol. The zero-order chi connectivity index (χ0) is 20.0. The molecule has 0 aliphatic rings. The maximum Gasteiger partial charge on any atom is 0.340 e. The number of amides is 1. The van der Waals surface area contributed by atoms with E-state index in [9.17, 15) is 18.0 Å². The van der Waals surface area contributed by atoms with Gasteiger partial charge in [0.25, 0.3) is 5.91 Å². The molecule has 0 aliphatic heterocycles. The second-order valence-electron chi connectivity index (χ2n) is 5.64. The van der Waals surface area contributed by atoms with Gasteiger partial charge in [-0.05, 0) is 31.2 Å². The molecule has 144 valence electrons. The minimum absolute atomic E-state index is 0.101. The number of carbonyl (C=O) groups excluding carboxylic acids is 2. The van der Waals surface area contributed by atoms with Crippen molar-refractivity contribution in [3.05, 3.63) is 54.1 Å². The lowest BCUT2D eigenvalue weighted by molar-refractivity contribution is -0.123. The van der Waals surface area contributed by atoms with Crippen molar-refractivity contribution in [3.63, 3.8) is 0 Å². The molecule has 8 heteroatoms. The van der Waals surface area contributed by atoms with Gasteiger partial charge in [-0.15, -0.1) is 0 Å². The second-order valence-corrected chi connectivity index (χ2v) is 7.88. The fourth-order valence-electron chi connectivity index (χ4n) is 2.32. The highest BCUT2D eigenvalue weighted by atomic mass is 32.2. The molecule has 27 heavy (non-hydrogen) atoms. The number of anilines is 1. The Morgan fingerprint density at radius 3 is 2.37 bits per heavy atom. The lowest BCUT2D eigenvalue weighted by Crippen LogP contribution is -2.30. The van der Waals surface area contributed by atoms with E-state index in [-0.39, 0.29) is 16.2 Å². The standard InChI is InChI=1S/C19H21NO6S/c1-4-27(23,24)17-12-8-5-9-14(17)19(22)26-13(2)18(21)20-15-10-6-7-11-16(15)25-3/h5-13H,4H2,1-3H3,(H,20,21)/t13-/m0/s1. The van der Waals surface area contributed by atoms with Gasteiger partial charge in [0.2, 0.25) is 0 Å². The first-order chi connectivity index (χ1) is 12.8. The number of rotatable bonds is 7. The maximum atomic E-state index is 12.4. The first kappa shape index (κ1) is 20.4. The summed E-state index contributed by atoms with van der Waals surface area (Å²) in [4.78, 5) is 24.6. The first-order valence-corrected chi connectivity index (χ1v) is 9.92. The Labute approximate surface area is 158 Å². The summed E-state index contributed by atoms with van der Waals surface area (Å²) in [6.07, 6.45) is -1.14. The van der Waals surface area contributed by atoms with Crippen LogP contribution in [-0.2, 0) is 19.4 Å². The molecule has 0 unspecified atom stereocenters. The van der Waals surface area contributed by atoms with Gasteiger partial charge in [0, 0.05) is 0 Å². The van der Waals surface area contributed by atoms with Crippen LogP contribution >= 0.6 is 0 Å². The SMILES string of the molecule is CCS(=O)(=O)c1ccccc1C(=O)O[C@@H](C)C(=O)Nc1ccccc1OC. The summed E-state index contributed by atoms with van der Waals surface area (Å²) in [5.41, 5.74) is 0.332. The van der Waals surface area contributed by atoms with E-state index in [0.29, 0.717) is 11.4 Å². The molecule has 1 amide bonds. The van der Waals surface area contributed by atoms with Crippen molar-refractivity contribution in [2.24, 2.45) is 0 Å². The number of methoxy groups -OCH3 is 1. The molecule has 1 atom stereocenters. The number of sulfone groups is 1. The summed E-state index contributed by atoms with van der Waals surface area (Å²) in [5, 5.41) is 2.61. The second kappa shape index (κ2) is 8.68. The van der Waals surface area contributed by atoms with Gasteiger partial charge in [-0.1, -0.05) is 31.2 Å². The molecule has 0 saturated carbocycles. The van der Waals surface area contributed by atoms with Crippen molar-refractivity contribution >= 4 is 27.4 Å². The van der Waals surface area contributed by atoms with Gasteiger partial charge in [-0.3, -0.25) is 4.79 Å². The van der Waals surface area contributed by atoms with Gasteiger partial charge >= 0.3 is 5.97 Å². The number of nitrogens with one attached hydrogen (secondary N) is 1. The van der Waals surface area contributed by atoms with Crippen LogP contribution in [0, 0.1) is 0 Å². The van der Waals surface area contributed by atoms with E-state index < -0.39 is 27.8 Å². The molecule has 7 nitrogen and oxygen atoms in total. The Bertz CT molecular complexity index is 939. The van der Waals surface area contributed by atoms with Crippen molar-refractivity contribution in [2.45, 2.75) is 24.8 Å². The topological polar surface area (TPSA) is 98.8 Å². The molecular formula is C19H21NO6S. The van der Waals surface area contributed by atoms with Gasteiger partial charge in [0.15, 0.2) is 15.9 Å². The number of hydrogen-bond donors (Lipinski definition) is 1. The zero-order valence-electron chi connectivity index (χ0n) is 15.3. The average Bonchev–Trinajstić information content (AvgIpc) is 2.68. The van der Waals surface area contributed by atoms with Crippen LogP contribution in [0.15, 0.2) is 53.4 Å². The highest BCUT2D eigenvalue weighted by Crippen LogP contribution is 2.23. The van der Waals surface area contributed by atoms with Crippen LogP contribution in [-0.4, -0.2) is 39.3 Å². The Morgan fingerprint density at radius 1 is 1.07 bits per heavy atom. The Morgan fingerprint density at radius 2 is 1.70 bits per heavy atom. The van der Waals surface area contributed by atoms with Gasteiger partial charge < -0.3 is 14.8 Å². The minimum Gasteiger partial charge on any atom is -0.495 e. The van der Waals surface area contributed by atoms with Crippen molar-refractivity contribution < 1.29 is 27.5 Å². The molecule has 0 aromatic heterocycles. The molecule has 2 aromatic rings. The summed E-state index contributed by atoms with van der Waals surface area (Å²) in [7, 11) is -2.13. The molecule has 0 heterocycles. The lowest BCUT2D eigenvalue weighted by atomic mass is 10.2. The van der Waals surface area contributed by atoms with E-state index in [1.165, 1.54) is 45.2 Å². The quantitative estimate of drug-likeness (QED) is 0.729. The molecule has 0 radical (unpaired) electrons. The fraction of sp³-hybridized carbons (Fsp3) is 0.263. The van der Waals surface area contributed by atoms with E-state index in [4.69, 9.17) is 9.47 Å². The van der Waals surface area contributed by atoms with Gasteiger partial charge in [-0.25, -0.2) is 13.2 Å². The van der Waals surface area contributed by atoms with E-state index in [1.807, 2.05) is 0 Å². The summed E-state index contributed by atoms with van der Waals surface area (Å²) < 4.78 is 34.6. The number of carbonyl (C=O) groups is 2. The minimum atomic E-state index is -3.61. The van der Waals surface area contributed by atoms with E-state index in [1.54, 1.807) is 24.3 Å². The third kappa shape index (κ3) is 4.85. The highest BCUT2D eigenvalue weighted by molar-refractivity contribution is 7.91. The number of esters is 1. The van der Waals surface area contributed by atoms with Crippen molar-refractivity contribution in [2.75, 3.05) is 18.2 Å². The predicted octanol–water partition coefficient (Wildman–Crippen LogP) is 2.67. The van der Waals surface area contributed by atoms with Crippen molar-refractivity contribution in [1.29, 1.82) is 0 Å². The van der Waals surface area contributed by atoms with Gasteiger partial charge in [0.05, 0.1) is 29.0 Å². The molecule has 2 rings (SSSR count). The number of benzene rings is 2. The molecule has 1 N–H and O–H groups in total. The normalized spacial score (nSPS) is 12.1. The molecule has 0 aliphatic carbocycles. The third-order valence-electron chi connectivity index (χ3n) is 3.84. The van der Waals surface area contributed by atoms with Crippen LogP contribution in [0.1, 0.15) is 24.2 Å². The Hall–Kier alpha value is -2.87. The molecule has 0 saturated heterocycles. The zero-order valence-corrected chi connectivity index (χ0v) is 16.1. The predicted molar refractivity (Wildman–Crippen MR) is 101 cm³/mol. The Balaban J connectivity index is 2.15. The third-order valence-corrected chi connectivity index (χ3v) is 5.63. The lowest BCUT2D eigenvalue weighted by Gasteiger charge is -2.16. The largest absolute Gasteiger partial charge is 0.495 e. The summed E-state index contributed by atoms with van der Waals surface area (Å²) in [5.74, 6) is -1.14. The molecule has 0 fully saturated rings. The van der Waals surface area contributed by atoms with Gasteiger partial charge in [-0.2, -0.15) is 0 Å². The van der Waals surface area contributed by atoms with Gasteiger partial charge in [0.1, 0.15) is 5.75 Å². The van der Waals surface area contributed by atoms with E-state index in [0.717, 1.165) is 0 Å². The monoisotopic (exact) mass is 391 g/mol. The summed E-state index contributed by atoms with van der Waals surface area (Å²) >= 11 is 0. The van der Waals surface area contributed by atoms with E-state index >= 15 is 0 Å². The fourth-order valence-corrected chi connectivity index (χ4v) is 3.41. The number of para-hydroxylation sites is 2. The molecule has 2 aromatic carbocycles. The first-order valence-electron chi connectivity index (χ1n) is 8.26. The Kier molecular flexibility index (Phi) is 6.57. The molecule has 0 bridgehead atoms. The maximum absolute atomic E-state index is 12.4. The van der Waals surface area contributed by atoms with Crippen LogP contribution in [0.25, 0.3) is 0 Å². The smallest absolute Gasteiger partial charge is 0.340 e. The van der Waals surface area contributed by atoms with Crippen LogP contribution < -0.4 is 10.1 Å². The van der Waals surface area contributed by atoms with E-state index in [2.05, 4.69) is 5.32 Å².